The third kappa shape index (κ3) is 6.92. The molecule has 0 aliphatic carbocycles. The summed E-state index contributed by atoms with van der Waals surface area (Å²) in [5, 5.41) is 12.2. The van der Waals surface area contributed by atoms with Crippen LogP contribution in [0.2, 0.25) is 5.02 Å². The number of alkyl carbamates (subject to hydrolysis) is 1. The van der Waals surface area contributed by atoms with Crippen molar-refractivity contribution in [3.8, 4) is 0 Å². The van der Waals surface area contributed by atoms with E-state index in [4.69, 9.17) is 21.4 Å². The van der Waals surface area contributed by atoms with Gasteiger partial charge in [0.05, 0.1) is 0 Å². The van der Waals surface area contributed by atoms with Gasteiger partial charge in [-0.2, -0.15) is 0 Å². The Morgan fingerprint density at radius 1 is 1.23 bits per heavy atom. The molecule has 1 aromatic rings. The van der Waals surface area contributed by atoms with Crippen LogP contribution in [0, 0.1) is 0 Å². The number of carbonyl (C=O) groups excluding carboxylic acids is 2. The van der Waals surface area contributed by atoms with Gasteiger partial charge in [0.25, 0.3) is 0 Å². The fourth-order valence-corrected chi connectivity index (χ4v) is 2.23. The van der Waals surface area contributed by atoms with Crippen molar-refractivity contribution in [3.63, 3.8) is 0 Å². The number of aliphatic carboxylic acids is 1. The van der Waals surface area contributed by atoms with Crippen molar-refractivity contribution in [2.45, 2.75) is 51.8 Å². The van der Waals surface area contributed by atoms with E-state index in [0.717, 1.165) is 10.5 Å². The van der Waals surface area contributed by atoms with Gasteiger partial charge in [-0.15, -0.1) is 0 Å². The number of halogens is 1. The van der Waals surface area contributed by atoms with Crippen molar-refractivity contribution in [1.29, 1.82) is 0 Å². The highest BCUT2D eigenvalue weighted by atomic mass is 35.5. The number of benzene rings is 1. The molecule has 144 valence electrons. The number of carbonyl (C=O) groups is 3. The van der Waals surface area contributed by atoms with E-state index in [1.165, 1.54) is 14.0 Å². The summed E-state index contributed by atoms with van der Waals surface area (Å²) in [6.07, 6.45) is -0.576. The summed E-state index contributed by atoms with van der Waals surface area (Å²) in [6.45, 7) is 6.52. The van der Waals surface area contributed by atoms with Crippen LogP contribution in [-0.4, -0.2) is 52.7 Å². The van der Waals surface area contributed by atoms with Crippen LogP contribution in [0.3, 0.4) is 0 Å². The van der Waals surface area contributed by atoms with Crippen molar-refractivity contribution < 1.29 is 24.2 Å². The van der Waals surface area contributed by atoms with Gasteiger partial charge in [-0.05, 0) is 45.4 Å². The monoisotopic (exact) mass is 384 g/mol. The number of nitrogens with zero attached hydrogens (tertiary/aromatic N) is 1. The number of ether oxygens (including phenoxy) is 1. The summed E-state index contributed by atoms with van der Waals surface area (Å²) < 4.78 is 5.20. The molecule has 0 aromatic heterocycles. The molecule has 2 amide bonds. The van der Waals surface area contributed by atoms with Gasteiger partial charge in [0.15, 0.2) is 0 Å². The third-order valence-electron chi connectivity index (χ3n) is 3.63. The van der Waals surface area contributed by atoms with Gasteiger partial charge in [0.2, 0.25) is 5.91 Å². The molecule has 0 spiro atoms. The minimum atomic E-state index is -1.14. The molecule has 0 radical (unpaired) electrons. The molecule has 0 heterocycles. The molecule has 1 rings (SSSR count). The summed E-state index contributed by atoms with van der Waals surface area (Å²) in [6, 6.07) is 4.82. The summed E-state index contributed by atoms with van der Waals surface area (Å²) in [5.41, 5.74) is 0.0401. The van der Waals surface area contributed by atoms with Crippen LogP contribution in [0.1, 0.15) is 33.3 Å². The SMILES string of the molecule is C[C@@H](C(=O)O)N(C)C(=O)[C@H](Cc1ccc(Cl)cc1)NC(=O)OC(C)(C)C. The Bertz CT molecular complexity index is 655. The van der Waals surface area contributed by atoms with Crippen molar-refractivity contribution >= 4 is 29.6 Å². The van der Waals surface area contributed by atoms with Crippen LogP contribution in [0.4, 0.5) is 4.79 Å². The van der Waals surface area contributed by atoms with Crippen LogP contribution in [0.15, 0.2) is 24.3 Å². The molecule has 0 fully saturated rings. The number of rotatable bonds is 6. The highest BCUT2D eigenvalue weighted by molar-refractivity contribution is 6.30. The first-order valence-corrected chi connectivity index (χ1v) is 8.52. The average Bonchev–Trinajstić information content (AvgIpc) is 2.52. The fourth-order valence-electron chi connectivity index (χ4n) is 2.11. The van der Waals surface area contributed by atoms with Gasteiger partial charge in [-0.3, -0.25) is 4.79 Å². The van der Waals surface area contributed by atoms with E-state index in [-0.39, 0.29) is 6.42 Å². The predicted octanol–water partition coefficient (Wildman–Crippen LogP) is 2.71. The van der Waals surface area contributed by atoms with Crippen molar-refractivity contribution in [2.75, 3.05) is 7.05 Å². The zero-order valence-electron chi connectivity index (χ0n) is 15.6. The number of likely N-dealkylation sites (N-methyl/N-ethyl adjacent to an activating group) is 1. The van der Waals surface area contributed by atoms with Crippen LogP contribution >= 0.6 is 11.6 Å². The van der Waals surface area contributed by atoms with E-state index in [2.05, 4.69) is 5.32 Å². The highest BCUT2D eigenvalue weighted by Crippen LogP contribution is 2.14. The molecular weight excluding hydrogens is 360 g/mol. The molecular formula is C18H25ClN2O5. The second-order valence-corrected chi connectivity index (χ2v) is 7.43. The highest BCUT2D eigenvalue weighted by Gasteiger charge is 2.30. The first-order valence-electron chi connectivity index (χ1n) is 8.14. The molecule has 0 aliphatic rings. The molecule has 2 atom stereocenters. The Kier molecular flexibility index (Phi) is 7.44. The van der Waals surface area contributed by atoms with E-state index in [0.29, 0.717) is 5.02 Å². The number of carboxylic acid groups (broad SMARTS) is 1. The molecule has 0 aliphatic heterocycles. The Labute approximate surface area is 158 Å². The van der Waals surface area contributed by atoms with Gasteiger partial charge < -0.3 is 20.1 Å². The zero-order chi connectivity index (χ0) is 20.1. The minimum absolute atomic E-state index is 0.173. The van der Waals surface area contributed by atoms with E-state index < -0.39 is 35.7 Å². The third-order valence-corrected chi connectivity index (χ3v) is 3.88. The topological polar surface area (TPSA) is 95.9 Å². The number of amides is 2. The standard InChI is InChI=1S/C18H25ClN2O5/c1-11(16(23)24)21(5)15(22)14(20-17(25)26-18(2,3)4)10-12-6-8-13(19)9-7-12/h6-9,11,14H,10H2,1-5H3,(H,20,25)(H,23,24)/t11-,14-/m0/s1. The molecule has 0 unspecified atom stereocenters. The van der Waals surface area contributed by atoms with Crippen LogP contribution in [0.5, 0.6) is 0 Å². The van der Waals surface area contributed by atoms with Crippen molar-refractivity contribution in [3.05, 3.63) is 34.9 Å². The first-order chi connectivity index (χ1) is 11.9. The maximum atomic E-state index is 12.7. The lowest BCUT2D eigenvalue weighted by molar-refractivity contribution is -0.149. The Morgan fingerprint density at radius 2 is 1.77 bits per heavy atom. The summed E-state index contributed by atoms with van der Waals surface area (Å²) >= 11 is 5.86. The number of hydrogen-bond acceptors (Lipinski definition) is 4. The van der Waals surface area contributed by atoms with E-state index in [9.17, 15) is 14.4 Å². The van der Waals surface area contributed by atoms with Crippen LogP contribution < -0.4 is 5.32 Å². The Hall–Kier alpha value is -2.28. The van der Waals surface area contributed by atoms with Crippen molar-refractivity contribution in [1.82, 2.24) is 10.2 Å². The Balaban J connectivity index is 2.99. The normalized spacial score (nSPS) is 13.5. The van der Waals surface area contributed by atoms with E-state index in [1.807, 2.05) is 0 Å². The maximum Gasteiger partial charge on any atom is 0.408 e. The average molecular weight is 385 g/mol. The van der Waals surface area contributed by atoms with Crippen LogP contribution in [-0.2, 0) is 20.7 Å². The summed E-state index contributed by atoms with van der Waals surface area (Å²) in [4.78, 5) is 37.1. The largest absolute Gasteiger partial charge is 0.480 e. The summed E-state index contributed by atoms with van der Waals surface area (Å²) in [5.74, 6) is -1.66. The van der Waals surface area contributed by atoms with E-state index in [1.54, 1.807) is 45.0 Å². The molecule has 7 nitrogen and oxygen atoms in total. The fraction of sp³-hybridized carbons (Fsp3) is 0.500. The molecule has 8 heteroatoms. The lowest BCUT2D eigenvalue weighted by Crippen LogP contribution is -2.53. The van der Waals surface area contributed by atoms with Gasteiger partial charge >= 0.3 is 12.1 Å². The second kappa shape index (κ2) is 8.89. The van der Waals surface area contributed by atoms with Gasteiger partial charge in [0.1, 0.15) is 17.7 Å². The lowest BCUT2D eigenvalue weighted by atomic mass is 10.0. The number of nitrogens with one attached hydrogen (secondary N) is 1. The lowest BCUT2D eigenvalue weighted by Gasteiger charge is -2.28. The molecule has 2 N–H and O–H groups in total. The van der Waals surface area contributed by atoms with Gasteiger partial charge in [0, 0.05) is 18.5 Å². The molecule has 0 saturated carbocycles. The number of hydrogen-bond donors (Lipinski definition) is 2. The zero-order valence-corrected chi connectivity index (χ0v) is 16.3. The quantitative estimate of drug-likeness (QED) is 0.786. The van der Waals surface area contributed by atoms with Gasteiger partial charge in [-0.25, -0.2) is 9.59 Å². The van der Waals surface area contributed by atoms with Crippen LogP contribution in [0.25, 0.3) is 0 Å². The molecule has 26 heavy (non-hydrogen) atoms. The minimum Gasteiger partial charge on any atom is -0.480 e. The van der Waals surface area contributed by atoms with Gasteiger partial charge in [-0.1, -0.05) is 23.7 Å². The maximum absolute atomic E-state index is 12.7. The molecule has 1 aromatic carbocycles. The second-order valence-electron chi connectivity index (χ2n) is 6.99. The smallest absolute Gasteiger partial charge is 0.408 e. The summed E-state index contributed by atoms with van der Waals surface area (Å²) in [7, 11) is 1.38. The molecule has 0 bridgehead atoms. The predicted molar refractivity (Wildman–Crippen MR) is 98.2 cm³/mol. The Morgan fingerprint density at radius 3 is 2.23 bits per heavy atom. The first kappa shape index (κ1) is 21.8. The van der Waals surface area contributed by atoms with Crippen molar-refractivity contribution in [2.24, 2.45) is 0 Å². The van der Waals surface area contributed by atoms with E-state index >= 15 is 0 Å². The molecule has 0 saturated heterocycles. The number of carboxylic acids is 1.